The van der Waals surface area contributed by atoms with Gasteiger partial charge in [-0.05, 0) is 23.7 Å². The molecule has 2 heteroatoms. The Balaban J connectivity index is 3.83. The fraction of sp³-hybridized carbons (Fsp3) is 0.917. The van der Waals surface area contributed by atoms with Crippen LogP contribution in [0.5, 0.6) is 0 Å². The summed E-state index contributed by atoms with van der Waals surface area (Å²) in [4.78, 5) is 10.5. The fourth-order valence-corrected chi connectivity index (χ4v) is 1.11. The van der Waals surface area contributed by atoms with Crippen LogP contribution in [0.25, 0.3) is 0 Å². The molecule has 0 aromatic heterocycles. The summed E-state index contributed by atoms with van der Waals surface area (Å²) in [7, 11) is 0. The van der Waals surface area contributed by atoms with Crippen molar-refractivity contribution in [3.63, 3.8) is 0 Å². The molecule has 2 nitrogen and oxygen atoms in total. The largest absolute Gasteiger partial charge is 0.466 e. The first-order valence-electron chi connectivity index (χ1n) is 5.30. The summed E-state index contributed by atoms with van der Waals surface area (Å²) in [6.45, 7) is 13.3. The van der Waals surface area contributed by atoms with Gasteiger partial charge >= 0.3 is 5.97 Å². The molecule has 0 spiro atoms. The molecule has 0 aromatic carbocycles. The van der Waals surface area contributed by atoms with Crippen LogP contribution in [0.4, 0.5) is 0 Å². The minimum Gasteiger partial charge on any atom is -0.466 e. The van der Waals surface area contributed by atoms with Crippen LogP contribution in [0.2, 0.25) is 0 Å². The summed E-state index contributed by atoms with van der Waals surface area (Å²) in [5.41, 5.74) is 0.580. The molecule has 0 N–H and O–H groups in total. The highest BCUT2D eigenvalue weighted by Gasteiger charge is 2.31. The predicted molar refractivity (Wildman–Crippen MR) is 59.1 cm³/mol. The molecule has 0 aliphatic heterocycles. The number of rotatable bonds is 4. The van der Waals surface area contributed by atoms with Crippen molar-refractivity contribution in [2.75, 3.05) is 6.61 Å². The van der Waals surface area contributed by atoms with Crippen LogP contribution in [0.15, 0.2) is 0 Å². The Bertz CT molecular complexity index is 187. The van der Waals surface area contributed by atoms with E-state index in [0.29, 0.717) is 12.0 Å². The van der Waals surface area contributed by atoms with Gasteiger partial charge in [0.1, 0.15) is 0 Å². The average molecular weight is 200 g/mol. The third kappa shape index (κ3) is 4.64. The number of ether oxygens (including phenoxy) is 1. The number of carbonyl (C=O) groups is 1. The van der Waals surface area contributed by atoms with Gasteiger partial charge in [-0.25, -0.2) is 0 Å². The molecule has 0 aliphatic carbocycles. The number of hydrogen-bond donors (Lipinski definition) is 0. The third-order valence-electron chi connectivity index (χ3n) is 3.28. The van der Waals surface area contributed by atoms with Gasteiger partial charge < -0.3 is 4.74 Å². The second-order valence-electron chi connectivity index (χ2n) is 5.58. The van der Waals surface area contributed by atoms with E-state index in [1.165, 1.54) is 6.92 Å². The minimum absolute atomic E-state index is 0.182. The van der Waals surface area contributed by atoms with Gasteiger partial charge in [-0.2, -0.15) is 0 Å². The molecule has 0 aliphatic rings. The zero-order valence-corrected chi connectivity index (χ0v) is 10.4. The second-order valence-corrected chi connectivity index (χ2v) is 5.58. The number of carbonyl (C=O) groups excluding carboxylic acids is 1. The Hall–Kier alpha value is -0.530. The maximum atomic E-state index is 10.5. The van der Waals surface area contributed by atoms with Gasteiger partial charge in [-0.15, -0.1) is 0 Å². The first-order valence-corrected chi connectivity index (χ1v) is 5.30. The van der Waals surface area contributed by atoms with E-state index in [0.717, 1.165) is 12.8 Å². The van der Waals surface area contributed by atoms with Gasteiger partial charge in [0.25, 0.3) is 0 Å². The summed E-state index contributed by atoms with van der Waals surface area (Å²) < 4.78 is 4.91. The van der Waals surface area contributed by atoms with E-state index in [1.807, 2.05) is 0 Å². The molecule has 0 saturated heterocycles. The molecule has 0 aromatic rings. The van der Waals surface area contributed by atoms with E-state index in [4.69, 9.17) is 4.74 Å². The number of esters is 1. The molecule has 0 saturated carbocycles. The Morgan fingerprint density at radius 2 is 1.64 bits per heavy atom. The molecule has 14 heavy (non-hydrogen) atoms. The van der Waals surface area contributed by atoms with Crippen molar-refractivity contribution in [2.24, 2.45) is 10.8 Å². The lowest BCUT2D eigenvalue weighted by Crippen LogP contribution is -2.29. The molecule has 0 rings (SSSR count). The van der Waals surface area contributed by atoms with Crippen LogP contribution in [-0.2, 0) is 9.53 Å². The standard InChI is InChI=1S/C12H24O2/c1-10(13)14-9-7-8-12(5,6)11(2,3)4/h7-9H2,1-6H3. The van der Waals surface area contributed by atoms with Gasteiger partial charge in [-0.3, -0.25) is 4.79 Å². The van der Waals surface area contributed by atoms with Crippen LogP contribution in [0, 0.1) is 10.8 Å². The number of hydrogen-bond acceptors (Lipinski definition) is 2. The third-order valence-corrected chi connectivity index (χ3v) is 3.28. The predicted octanol–water partition coefficient (Wildman–Crippen LogP) is 3.40. The fourth-order valence-electron chi connectivity index (χ4n) is 1.11. The van der Waals surface area contributed by atoms with Crippen molar-refractivity contribution in [3.05, 3.63) is 0 Å². The van der Waals surface area contributed by atoms with E-state index < -0.39 is 0 Å². The molecule has 0 unspecified atom stereocenters. The molecule has 0 atom stereocenters. The molecule has 0 fully saturated rings. The van der Waals surface area contributed by atoms with Crippen LogP contribution >= 0.6 is 0 Å². The molecular formula is C12H24O2. The Morgan fingerprint density at radius 1 is 1.14 bits per heavy atom. The van der Waals surface area contributed by atoms with Crippen molar-refractivity contribution in [1.29, 1.82) is 0 Å². The second kappa shape index (κ2) is 4.81. The smallest absolute Gasteiger partial charge is 0.302 e. The summed E-state index contributed by atoms with van der Waals surface area (Å²) in [5.74, 6) is -0.182. The maximum absolute atomic E-state index is 10.5. The summed E-state index contributed by atoms with van der Waals surface area (Å²) in [6.07, 6.45) is 2.04. The van der Waals surface area contributed by atoms with Gasteiger partial charge in [0.05, 0.1) is 6.61 Å². The molecular weight excluding hydrogens is 176 g/mol. The van der Waals surface area contributed by atoms with Crippen molar-refractivity contribution in [3.8, 4) is 0 Å². The molecule has 0 bridgehead atoms. The topological polar surface area (TPSA) is 26.3 Å². The van der Waals surface area contributed by atoms with Gasteiger partial charge in [0.2, 0.25) is 0 Å². The van der Waals surface area contributed by atoms with Gasteiger partial charge in [-0.1, -0.05) is 34.6 Å². The van der Waals surface area contributed by atoms with Crippen molar-refractivity contribution in [1.82, 2.24) is 0 Å². The van der Waals surface area contributed by atoms with Crippen LogP contribution in [-0.4, -0.2) is 12.6 Å². The zero-order valence-electron chi connectivity index (χ0n) is 10.4. The average Bonchev–Trinajstić information content (AvgIpc) is 1.95. The Labute approximate surface area is 88.0 Å². The maximum Gasteiger partial charge on any atom is 0.302 e. The van der Waals surface area contributed by atoms with Crippen molar-refractivity contribution in [2.45, 2.75) is 54.4 Å². The first kappa shape index (κ1) is 13.5. The van der Waals surface area contributed by atoms with E-state index >= 15 is 0 Å². The quantitative estimate of drug-likeness (QED) is 0.513. The molecule has 84 valence electrons. The normalized spacial score (nSPS) is 12.7. The van der Waals surface area contributed by atoms with E-state index in [2.05, 4.69) is 34.6 Å². The first-order chi connectivity index (χ1) is 6.17. The highest BCUT2D eigenvalue weighted by Crippen LogP contribution is 2.41. The van der Waals surface area contributed by atoms with Crippen LogP contribution in [0.1, 0.15) is 54.4 Å². The van der Waals surface area contributed by atoms with Crippen LogP contribution < -0.4 is 0 Å². The summed E-state index contributed by atoms with van der Waals surface area (Å²) in [5, 5.41) is 0. The highest BCUT2D eigenvalue weighted by molar-refractivity contribution is 5.65. The monoisotopic (exact) mass is 200 g/mol. The van der Waals surface area contributed by atoms with Crippen LogP contribution in [0.3, 0.4) is 0 Å². The van der Waals surface area contributed by atoms with Gasteiger partial charge in [0, 0.05) is 6.92 Å². The molecule has 0 heterocycles. The molecule has 0 amide bonds. The van der Waals surface area contributed by atoms with Crippen molar-refractivity contribution >= 4 is 5.97 Å². The lowest BCUT2D eigenvalue weighted by molar-refractivity contribution is -0.141. The van der Waals surface area contributed by atoms with E-state index in [9.17, 15) is 4.79 Å². The SMILES string of the molecule is CC(=O)OCCCC(C)(C)C(C)(C)C. The lowest BCUT2D eigenvalue weighted by atomic mass is 9.67. The minimum atomic E-state index is -0.182. The van der Waals surface area contributed by atoms with E-state index in [1.54, 1.807) is 0 Å². The summed E-state index contributed by atoms with van der Waals surface area (Å²) in [6, 6.07) is 0. The Kier molecular flexibility index (Phi) is 4.63. The zero-order chi connectivity index (χ0) is 11.4. The molecule has 0 radical (unpaired) electrons. The van der Waals surface area contributed by atoms with Gasteiger partial charge in [0.15, 0.2) is 0 Å². The Morgan fingerprint density at radius 3 is 2.00 bits per heavy atom. The highest BCUT2D eigenvalue weighted by atomic mass is 16.5. The van der Waals surface area contributed by atoms with E-state index in [-0.39, 0.29) is 11.4 Å². The lowest BCUT2D eigenvalue weighted by Gasteiger charge is -2.39. The van der Waals surface area contributed by atoms with Crippen molar-refractivity contribution < 1.29 is 9.53 Å². The summed E-state index contributed by atoms with van der Waals surface area (Å²) >= 11 is 0.